The molecule has 31 heavy (non-hydrogen) atoms. The molecule has 0 fully saturated rings. The maximum Gasteiger partial charge on any atom is 0.573 e. The van der Waals surface area contributed by atoms with Gasteiger partial charge in [0.2, 0.25) is 0 Å². The van der Waals surface area contributed by atoms with Crippen LogP contribution >= 0.6 is 0 Å². The van der Waals surface area contributed by atoms with Crippen molar-refractivity contribution in [2.24, 2.45) is 0 Å². The number of rotatable bonds is 6. The number of benzene rings is 2. The first-order valence-corrected chi connectivity index (χ1v) is 9.39. The Kier molecular flexibility index (Phi) is 6.24. The number of nitrogens with zero attached hydrogens (tertiary/aromatic N) is 1. The minimum Gasteiger partial charge on any atom is -0.457 e. The van der Waals surface area contributed by atoms with Gasteiger partial charge in [-0.15, -0.1) is 13.2 Å². The minimum absolute atomic E-state index is 0.140. The van der Waals surface area contributed by atoms with Crippen LogP contribution in [0, 0.1) is 13.8 Å². The Morgan fingerprint density at radius 2 is 1.74 bits per heavy atom. The second kappa shape index (κ2) is 8.71. The van der Waals surface area contributed by atoms with E-state index >= 15 is 0 Å². The van der Waals surface area contributed by atoms with Crippen molar-refractivity contribution >= 4 is 17.1 Å². The third kappa shape index (κ3) is 5.36. The van der Waals surface area contributed by atoms with Crippen LogP contribution in [0.4, 0.5) is 18.0 Å². The molecule has 0 saturated heterocycles. The van der Waals surface area contributed by atoms with Gasteiger partial charge in [0.1, 0.15) is 23.9 Å². The summed E-state index contributed by atoms with van der Waals surface area (Å²) in [6, 6.07) is 8.58. The number of alkyl halides is 3. The van der Waals surface area contributed by atoms with Crippen molar-refractivity contribution in [3.05, 3.63) is 58.8 Å². The van der Waals surface area contributed by atoms with Crippen molar-refractivity contribution in [3.63, 3.8) is 0 Å². The van der Waals surface area contributed by atoms with Gasteiger partial charge in [0.05, 0.1) is 5.52 Å². The van der Waals surface area contributed by atoms with Gasteiger partial charge in [-0.05, 0) is 67.8 Å². The molecule has 0 amide bonds. The van der Waals surface area contributed by atoms with Gasteiger partial charge in [-0.1, -0.05) is 6.92 Å². The first-order chi connectivity index (χ1) is 14.6. The second-order valence-corrected chi connectivity index (χ2v) is 6.83. The number of carboxylic acid groups (broad SMARTS) is 1. The number of hydrogen-bond acceptors (Lipinski definition) is 5. The van der Waals surface area contributed by atoms with Crippen LogP contribution in [0.5, 0.6) is 17.2 Å². The van der Waals surface area contributed by atoms with Gasteiger partial charge in [-0.25, -0.2) is 4.79 Å². The topological polar surface area (TPSA) is 77.9 Å². The van der Waals surface area contributed by atoms with E-state index in [1.807, 2.05) is 26.8 Å². The normalized spacial score (nSPS) is 11.4. The van der Waals surface area contributed by atoms with Crippen LogP contribution in [0.15, 0.2) is 36.4 Å². The minimum atomic E-state index is -4.77. The van der Waals surface area contributed by atoms with Crippen molar-refractivity contribution in [2.45, 2.75) is 40.2 Å². The highest BCUT2D eigenvalue weighted by Gasteiger charge is 2.31. The van der Waals surface area contributed by atoms with Crippen molar-refractivity contribution in [3.8, 4) is 17.2 Å². The lowest BCUT2D eigenvalue weighted by atomic mass is 9.99. The zero-order chi connectivity index (χ0) is 22.8. The SMILES string of the molecule is CCc1nc2cc(C)c(Oc3ccc(OC(F)(F)F)cc3)cc2c(COC(=O)O)c1C. The molecule has 0 saturated carbocycles. The summed E-state index contributed by atoms with van der Waals surface area (Å²) in [7, 11) is 0. The van der Waals surface area contributed by atoms with E-state index < -0.39 is 12.5 Å². The average molecular weight is 435 g/mol. The Morgan fingerprint density at radius 1 is 1.10 bits per heavy atom. The number of halogens is 3. The maximum absolute atomic E-state index is 12.3. The number of carbonyl (C=O) groups is 1. The van der Waals surface area contributed by atoms with E-state index in [-0.39, 0.29) is 12.4 Å². The third-order valence-electron chi connectivity index (χ3n) is 4.72. The lowest BCUT2D eigenvalue weighted by molar-refractivity contribution is -0.274. The standard InChI is InChI=1S/C22H20F3NO5/c1-4-18-13(3)17(11-29-21(27)28)16-10-20(12(2)9-19(16)26-18)30-14-5-7-15(8-6-14)31-22(23,24)25/h5-10H,4,11H2,1-3H3,(H,27,28). The van der Waals surface area contributed by atoms with E-state index in [0.29, 0.717) is 34.4 Å². The zero-order valence-corrected chi connectivity index (χ0v) is 17.0. The molecule has 6 nitrogen and oxygen atoms in total. The van der Waals surface area contributed by atoms with E-state index in [4.69, 9.17) is 14.6 Å². The van der Waals surface area contributed by atoms with Crippen molar-refractivity contribution in [1.29, 1.82) is 0 Å². The smallest absolute Gasteiger partial charge is 0.457 e. The predicted octanol–water partition coefficient (Wildman–Crippen LogP) is 6.30. The van der Waals surface area contributed by atoms with Crippen molar-refractivity contribution in [1.82, 2.24) is 4.98 Å². The van der Waals surface area contributed by atoms with Crippen molar-refractivity contribution in [2.75, 3.05) is 0 Å². The zero-order valence-electron chi connectivity index (χ0n) is 17.0. The summed E-state index contributed by atoms with van der Waals surface area (Å²) in [5.41, 5.74) is 3.78. The molecule has 1 aromatic heterocycles. The molecule has 0 aliphatic carbocycles. The molecule has 2 aromatic carbocycles. The molecule has 0 bridgehead atoms. The number of hydrogen-bond donors (Lipinski definition) is 1. The predicted molar refractivity (Wildman–Crippen MR) is 107 cm³/mol. The summed E-state index contributed by atoms with van der Waals surface area (Å²) in [5, 5.41) is 9.58. The highest BCUT2D eigenvalue weighted by atomic mass is 19.4. The molecule has 1 heterocycles. The van der Waals surface area contributed by atoms with Crippen molar-refractivity contribution < 1.29 is 37.3 Å². The molecule has 0 unspecified atom stereocenters. The van der Waals surface area contributed by atoms with Crippen LogP contribution in [-0.4, -0.2) is 22.6 Å². The van der Waals surface area contributed by atoms with Crippen LogP contribution in [0.3, 0.4) is 0 Å². The summed E-state index contributed by atoms with van der Waals surface area (Å²) in [6.07, 6.45) is -5.48. The first-order valence-electron chi connectivity index (χ1n) is 9.39. The van der Waals surface area contributed by atoms with E-state index in [0.717, 1.165) is 29.0 Å². The number of pyridine rings is 1. The maximum atomic E-state index is 12.3. The van der Waals surface area contributed by atoms with E-state index in [1.54, 1.807) is 6.07 Å². The number of ether oxygens (including phenoxy) is 3. The first kappa shape index (κ1) is 22.2. The molecule has 0 aliphatic rings. The highest BCUT2D eigenvalue weighted by Crippen LogP contribution is 2.34. The Labute approximate surface area is 176 Å². The Balaban J connectivity index is 1.98. The van der Waals surface area contributed by atoms with Crippen LogP contribution in [0.1, 0.15) is 29.3 Å². The Morgan fingerprint density at radius 3 is 2.32 bits per heavy atom. The lowest BCUT2D eigenvalue weighted by Crippen LogP contribution is -2.16. The highest BCUT2D eigenvalue weighted by molar-refractivity contribution is 5.86. The second-order valence-electron chi connectivity index (χ2n) is 6.83. The molecule has 1 N–H and O–H groups in total. The van der Waals surface area contributed by atoms with Gasteiger partial charge in [0, 0.05) is 16.6 Å². The van der Waals surface area contributed by atoms with Gasteiger partial charge < -0.3 is 19.3 Å². The molecular formula is C22H20F3NO5. The molecule has 164 valence electrons. The average Bonchev–Trinajstić information content (AvgIpc) is 2.68. The third-order valence-corrected chi connectivity index (χ3v) is 4.72. The monoisotopic (exact) mass is 435 g/mol. The molecule has 3 rings (SSSR count). The molecule has 0 spiro atoms. The van der Waals surface area contributed by atoms with Gasteiger partial charge in [0.15, 0.2) is 0 Å². The van der Waals surface area contributed by atoms with Gasteiger partial charge >= 0.3 is 12.5 Å². The fraction of sp³-hybridized carbons (Fsp3) is 0.273. The van der Waals surface area contributed by atoms with Crippen LogP contribution in [0.2, 0.25) is 0 Å². The molecule has 3 aromatic rings. The van der Waals surface area contributed by atoms with Gasteiger partial charge in [-0.2, -0.15) is 0 Å². The number of fused-ring (bicyclic) bond motifs is 1. The van der Waals surface area contributed by atoms with Crippen LogP contribution in [-0.2, 0) is 17.8 Å². The summed E-state index contributed by atoms with van der Waals surface area (Å²) in [4.78, 5) is 15.6. The van der Waals surface area contributed by atoms with E-state index in [2.05, 4.69) is 9.72 Å². The largest absolute Gasteiger partial charge is 0.573 e. The molecule has 9 heteroatoms. The molecule has 0 aliphatic heterocycles. The summed E-state index contributed by atoms with van der Waals surface area (Å²) >= 11 is 0. The lowest BCUT2D eigenvalue weighted by Gasteiger charge is -2.16. The van der Waals surface area contributed by atoms with E-state index in [9.17, 15) is 18.0 Å². The summed E-state index contributed by atoms with van der Waals surface area (Å²) in [6.45, 7) is 5.49. The fourth-order valence-corrected chi connectivity index (χ4v) is 3.22. The summed E-state index contributed by atoms with van der Waals surface area (Å²) < 4.78 is 51.5. The molecule has 0 radical (unpaired) electrons. The molecular weight excluding hydrogens is 415 g/mol. The number of aromatic nitrogens is 1. The quantitative estimate of drug-likeness (QED) is 0.458. The summed E-state index contributed by atoms with van der Waals surface area (Å²) in [5.74, 6) is 0.421. The van der Waals surface area contributed by atoms with Gasteiger partial charge in [0.25, 0.3) is 0 Å². The van der Waals surface area contributed by atoms with Crippen LogP contribution in [0.25, 0.3) is 10.9 Å². The Bertz CT molecular complexity index is 1110. The van der Waals surface area contributed by atoms with E-state index in [1.165, 1.54) is 12.1 Å². The Hall–Kier alpha value is -3.49. The number of aryl methyl sites for hydroxylation is 2. The molecule has 0 atom stereocenters. The van der Waals surface area contributed by atoms with Gasteiger partial charge in [-0.3, -0.25) is 4.98 Å². The fourth-order valence-electron chi connectivity index (χ4n) is 3.22. The van der Waals surface area contributed by atoms with Crippen LogP contribution < -0.4 is 9.47 Å².